The lowest BCUT2D eigenvalue weighted by Gasteiger charge is -2.21. The Hall–Kier alpha value is -0.860. The van der Waals surface area contributed by atoms with Crippen molar-refractivity contribution in [1.29, 1.82) is 0 Å². The maximum atomic E-state index is 6.01. The van der Waals surface area contributed by atoms with Crippen LogP contribution in [0.3, 0.4) is 0 Å². The number of nitrogens with zero attached hydrogens (tertiary/aromatic N) is 1. The summed E-state index contributed by atoms with van der Waals surface area (Å²) in [5, 5.41) is 0. The van der Waals surface area contributed by atoms with E-state index in [1.165, 1.54) is 5.56 Å². The van der Waals surface area contributed by atoms with Crippen LogP contribution in [0.4, 0.5) is 0 Å². The molecule has 1 fully saturated rings. The summed E-state index contributed by atoms with van der Waals surface area (Å²) in [6, 6.07) is 10.6. The van der Waals surface area contributed by atoms with Crippen molar-refractivity contribution < 1.29 is 4.74 Å². The molecule has 0 aromatic heterocycles. The Bertz CT molecular complexity index is 334. The van der Waals surface area contributed by atoms with Crippen LogP contribution in [0, 0.1) is 0 Å². The standard InChI is InChI=1S/C14H21NO/c1-4-13-15(11-14(2,3)16-13)10-12-8-6-5-7-9-12/h5-9,13H,4,10-11H2,1-3H3. The van der Waals surface area contributed by atoms with Gasteiger partial charge in [0.15, 0.2) is 0 Å². The summed E-state index contributed by atoms with van der Waals surface area (Å²) in [5.74, 6) is 0. The van der Waals surface area contributed by atoms with Crippen molar-refractivity contribution >= 4 is 0 Å². The number of hydrogen-bond acceptors (Lipinski definition) is 2. The second-order valence-electron chi connectivity index (χ2n) is 5.13. The molecule has 2 rings (SSSR count). The highest BCUT2D eigenvalue weighted by atomic mass is 16.5. The average molecular weight is 219 g/mol. The summed E-state index contributed by atoms with van der Waals surface area (Å²) >= 11 is 0. The van der Waals surface area contributed by atoms with Gasteiger partial charge in [0, 0.05) is 13.1 Å². The number of rotatable bonds is 3. The number of benzene rings is 1. The van der Waals surface area contributed by atoms with Gasteiger partial charge in [-0.1, -0.05) is 37.3 Å². The van der Waals surface area contributed by atoms with Crippen LogP contribution >= 0.6 is 0 Å². The van der Waals surface area contributed by atoms with E-state index < -0.39 is 0 Å². The Balaban J connectivity index is 2.04. The van der Waals surface area contributed by atoms with Crippen LogP contribution in [0.5, 0.6) is 0 Å². The van der Waals surface area contributed by atoms with Crippen LogP contribution in [0.1, 0.15) is 32.8 Å². The molecule has 1 aromatic rings. The van der Waals surface area contributed by atoms with E-state index in [1.807, 2.05) is 0 Å². The molecule has 1 aliphatic rings. The molecule has 1 unspecified atom stereocenters. The van der Waals surface area contributed by atoms with E-state index in [-0.39, 0.29) is 11.8 Å². The van der Waals surface area contributed by atoms with Crippen molar-refractivity contribution in [3.05, 3.63) is 35.9 Å². The predicted molar refractivity (Wildman–Crippen MR) is 66.1 cm³/mol. The molecular weight excluding hydrogens is 198 g/mol. The first kappa shape index (κ1) is 11.6. The van der Waals surface area contributed by atoms with Gasteiger partial charge < -0.3 is 4.74 Å². The fourth-order valence-electron chi connectivity index (χ4n) is 2.39. The lowest BCUT2D eigenvalue weighted by molar-refractivity contribution is -0.0416. The molecule has 0 saturated carbocycles. The summed E-state index contributed by atoms with van der Waals surface area (Å²) in [5.41, 5.74) is 1.36. The normalized spacial score (nSPS) is 24.8. The molecule has 0 radical (unpaired) electrons. The van der Waals surface area contributed by atoms with Gasteiger partial charge >= 0.3 is 0 Å². The largest absolute Gasteiger partial charge is 0.356 e. The Morgan fingerprint density at radius 1 is 1.31 bits per heavy atom. The number of hydrogen-bond donors (Lipinski definition) is 0. The minimum atomic E-state index is -0.00451. The lowest BCUT2D eigenvalue weighted by atomic mass is 10.1. The van der Waals surface area contributed by atoms with E-state index in [0.29, 0.717) is 0 Å². The molecule has 0 N–H and O–H groups in total. The highest BCUT2D eigenvalue weighted by molar-refractivity contribution is 5.14. The fraction of sp³-hybridized carbons (Fsp3) is 0.571. The van der Waals surface area contributed by atoms with Crippen LogP contribution in [-0.4, -0.2) is 23.3 Å². The lowest BCUT2D eigenvalue weighted by Crippen LogP contribution is -2.30. The third-order valence-electron chi connectivity index (χ3n) is 3.02. The quantitative estimate of drug-likeness (QED) is 0.774. The van der Waals surface area contributed by atoms with E-state index >= 15 is 0 Å². The van der Waals surface area contributed by atoms with Gasteiger partial charge in [0.05, 0.1) is 5.60 Å². The van der Waals surface area contributed by atoms with E-state index in [1.54, 1.807) is 0 Å². The van der Waals surface area contributed by atoms with Crippen LogP contribution in [0.15, 0.2) is 30.3 Å². The highest BCUT2D eigenvalue weighted by Crippen LogP contribution is 2.28. The summed E-state index contributed by atoms with van der Waals surface area (Å²) in [6.07, 6.45) is 1.33. The molecule has 1 aliphatic heterocycles. The van der Waals surface area contributed by atoms with Crippen molar-refractivity contribution in [2.45, 2.75) is 45.6 Å². The summed E-state index contributed by atoms with van der Waals surface area (Å²) in [4.78, 5) is 2.43. The Morgan fingerprint density at radius 2 is 2.00 bits per heavy atom. The topological polar surface area (TPSA) is 12.5 Å². The second-order valence-corrected chi connectivity index (χ2v) is 5.13. The molecule has 1 saturated heterocycles. The van der Waals surface area contributed by atoms with Gasteiger partial charge in [0.25, 0.3) is 0 Å². The molecule has 2 heteroatoms. The highest BCUT2D eigenvalue weighted by Gasteiger charge is 2.36. The van der Waals surface area contributed by atoms with Crippen LogP contribution in [0.25, 0.3) is 0 Å². The van der Waals surface area contributed by atoms with Crippen LogP contribution in [-0.2, 0) is 11.3 Å². The third kappa shape index (κ3) is 2.63. The van der Waals surface area contributed by atoms with Crippen molar-refractivity contribution in [1.82, 2.24) is 4.90 Å². The van der Waals surface area contributed by atoms with Crippen molar-refractivity contribution in [3.63, 3.8) is 0 Å². The smallest absolute Gasteiger partial charge is 0.111 e. The monoisotopic (exact) mass is 219 g/mol. The van der Waals surface area contributed by atoms with Gasteiger partial charge in [-0.2, -0.15) is 0 Å². The SMILES string of the molecule is CCC1OC(C)(C)CN1Cc1ccccc1. The van der Waals surface area contributed by atoms with Gasteiger partial charge in [-0.25, -0.2) is 0 Å². The second kappa shape index (κ2) is 4.56. The van der Waals surface area contributed by atoms with E-state index in [2.05, 4.69) is 56.0 Å². The van der Waals surface area contributed by atoms with Gasteiger partial charge in [0.2, 0.25) is 0 Å². The van der Waals surface area contributed by atoms with Crippen LogP contribution < -0.4 is 0 Å². The Kier molecular flexibility index (Phi) is 3.31. The van der Waals surface area contributed by atoms with Gasteiger partial charge in [-0.05, 0) is 25.8 Å². The van der Waals surface area contributed by atoms with Crippen molar-refractivity contribution in [3.8, 4) is 0 Å². The van der Waals surface area contributed by atoms with Gasteiger partial charge in [-0.15, -0.1) is 0 Å². The average Bonchev–Trinajstić information content (AvgIpc) is 2.54. The predicted octanol–water partition coefficient (Wildman–Crippen LogP) is 3.03. The molecular formula is C14H21NO. The molecule has 88 valence electrons. The Morgan fingerprint density at radius 3 is 2.62 bits per heavy atom. The Labute approximate surface area is 98.2 Å². The zero-order valence-corrected chi connectivity index (χ0v) is 10.4. The molecule has 1 aromatic carbocycles. The summed E-state index contributed by atoms with van der Waals surface area (Å²) in [6.45, 7) is 8.52. The molecule has 0 amide bonds. The zero-order valence-electron chi connectivity index (χ0n) is 10.4. The maximum Gasteiger partial charge on any atom is 0.111 e. The van der Waals surface area contributed by atoms with Crippen molar-refractivity contribution in [2.75, 3.05) is 6.54 Å². The van der Waals surface area contributed by atoms with E-state index in [0.717, 1.165) is 19.5 Å². The first-order valence-electron chi connectivity index (χ1n) is 6.06. The molecule has 0 spiro atoms. The minimum absolute atomic E-state index is 0.00451. The van der Waals surface area contributed by atoms with Crippen LogP contribution in [0.2, 0.25) is 0 Å². The molecule has 1 heterocycles. The summed E-state index contributed by atoms with van der Waals surface area (Å²) < 4.78 is 6.01. The minimum Gasteiger partial charge on any atom is -0.356 e. The molecule has 0 bridgehead atoms. The van der Waals surface area contributed by atoms with Crippen molar-refractivity contribution in [2.24, 2.45) is 0 Å². The molecule has 0 aliphatic carbocycles. The maximum absolute atomic E-state index is 6.01. The van der Waals surface area contributed by atoms with E-state index in [4.69, 9.17) is 4.74 Å². The third-order valence-corrected chi connectivity index (χ3v) is 3.02. The first-order valence-corrected chi connectivity index (χ1v) is 6.06. The molecule has 16 heavy (non-hydrogen) atoms. The number of ether oxygens (including phenoxy) is 1. The molecule has 1 atom stereocenters. The van der Waals surface area contributed by atoms with Gasteiger partial charge in [-0.3, -0.25) is 4.90 Å². The first-order chi connectivity index (χ1) is 7.61. The zero-order chi connectivity index (χ0) is 11.6. The van der Waals surface area contributed by atoms with E-state index in [9.17, 15) is 0 Å². The summed E-state index contributed by atoms with van der Waals surface area (Å²) in [7, 11) is 0. The fourth-order valence-corrected chi connectivity index (χ4v) is 2.39. The van der Waals surface area contributed by atoms with Gasteiger partial charge in [0.1, 0.15) is 6.23 Å². The molecule has 2 nitrogen and oxygen atoms in total.